The fraction of sp³-hybridized carbons (Fsp3) is 0.385. The van der Waals surface area contributed by atoms with Crippen LogP contribution in [-0.4, -0.2) is 44.1 Å². The minimum atomic E-state index is -0.456. The molecule has 0 radical (unpaired) electrons. The molecule has 6 heteroatoms. The maximum Gasteiger partial charge on any atom is 0.325 e. The monoisotopic (exact) mass is 285 g/mol. The van der Waals surface area contributed by atoms with Crippen molar-refractivity contribution in [3.63, 3.8) is 0 Å². The molecule has 0 aliphatic heterocycles. The van der Waals surface area contributed by atoms with E-state index in [0.717, 1.165) is 0 Å². The summed E-state index contributed by atoms with van der Waals surface area (Å²) < 4.78 is 9.87. The lowest BCUT2D eigenvalue weighted by molar-refractivity contribution is -0.146. The Hall–Kier alpha value is -1.75. The first-order valence-electron chi connectivity index (χ1n) is 5.72. The van der Waals surface area contributed by atoms with Gasteiger partial charge in [-0.15, -0.1) is 0 Å². The number of amides is 1. The summed E-state index contributed by atoms with van der Waals surface area (Å²) in [5.74, 6) is -0.118. The highest BCUT2D eigenvalue weighted by Crippen LogP contribution is 2.23. The first kappa shape index (κ1) is 15.3. The van der Waals surface area contributed by atoms with Crippen LogP contribution in [0.3, 0.4) is 0 Å². The molecule has 0 unspecified atom stereocenters. The van der Waals surface area contributed by atoms with Crippen molar-refractivity contribution in [3.8, 4) is 5.75 Å². The Morgan fingerprint density at radius 2 is 2.00 bits per heavy atom. The lowest BCUT2D eigenvalue weighted by atomic mass is 10.3. The standard InChI is InChI=1S/C13H16ClNO4/c1-15(9-13(17)18-2)12(16)7-8-19-11-6-4-3-5-10(11)14/h3-6H,7-9H2,1-2H3. The van der Waals surface area contributed by atoms with E-state index < -0.39 is 5.97 Å². The molecule has 1 aromatic carbocycles. The highest BCUT2D eigenvalue weighted by Gasteiger charge is 2.13. The summed E-state index contributed by atoms with van der Waals surface area (Å²) in [6.45, 7) is 0.134. The van der Waals surface area contributed by atoms with Gasteiger partial charge in [0.2, 0.25) is 5.91 Å². The van der Waals surface area contributed by atoms with Gasteiger partial charge < -0.3 is 14.4 Å². The topological polar surface area (TPSA) is 55.8 Å². The van der Waals surface area contributed by atoms with Crippen LogP contribution in [0.1, 0.15) is 6.42 Å². The number of carbonyl (C=O) groups excluding carboxylic acids is 2. The number of rotatable bonds is 6. The number of esters is 1. The molecule has 1 amide bonds. The van der Waals surface area contributed by atoms with Gasteiger partial charge in [0.15, 0.2) is 0 Å². The molecule has 0 saturated heterocycles. The van der Waals surface area contributed by atoms with Gasteiger partial charge in [-0.3, -0.25) is 9.59 Å². The molecule has 0 N–H and O–H groups in total. The number of likely N-dealkylation sites (N-methyl/N-ethyl adjacent to an activating group) is 1. The molecule has 1 aromatic rings. The van der Waals surface area contributed by atoms with Crippen LogP contribution in [0.15, 0.2) is 24.3 Å². The zero-order chi connectivity index (χ0) is 14.3. The smallest absolute Gasteiger partial charge is 0.325 e. The average molecular weight is 286 g/mol. The quantitative estimate of drug-likeness (QED) is 0.747. The van der Waals surface area contributed by atoms with Crippen molar-refractivity contribution in [1.29, 1.82) is 0 Å². The Labute approximate surface area is 117 Å². The predicted molar refractivity (Wildman–Crippen MR) is 71.2 cm³/mol. The van der Waals surface area contributed by atoms with Gasteiger partial charge in [0.1, 0.15) is 12.3 Å². The van der Waals surface area contributed by atoms with Crippen molar-refractivity contribution in [1.82, 2.24) is 4.90 Å². The Balaban J connectivity index is 2.35. The Kier molecular flexibility index (Phi) is 6.15. The van der Waals surface area contributed by atoms with Gasteiger partial charge in [0.05, 0.1) is 25.2 Å². The van der Waals surface area contributed by atoms with Crippen LogP contribution < -0.4 is 4.74 Å². The number of hydrogen-bond acceptors (Lipinski definition) is 4. The summed E-state index contributed by atoms with van der Waals surface area (Å²) in [6, 6.07) is 7.03. The minimum Gasteiger partial charge on any atom is -0.491 e. The van der Waals surface area contributed by atoms with E-state index in [4.69, 9.17) is 16.3 Å². The highest BCUT2D eigenvalue weighted by atomic mass is 35.5. The van der Waals surface area contributed by atoms with E-state index in [9.17, 15) is 9.59 Å². The molecule has 0 saturated carbocycles. The lowest BCUT2D eigenvalue weighted by Crippen LogP contribution is -2.33. The Morgan fingerprint density at radius 3 is 2.63 bits per heavy atom. The number of benzene rings is 1. The van der Waals surface area contributed by atoms with Crippen LogP contribution in [-0.2, 0) is 14.3 Å². The van der Waals surface area contributed by atoms with Crippen LogP contribution in [0, 0.1) is 0 Å². The average Bonchev–Trinajstić information content (AvgIpc) is 2.40. The number of carbonyl (C=O) groups is 2. The summed E-state index contributed by atoms with van der Waals surface area (Å²) in [5, 5.41) is 0.498. The van der Waals surface area contributed by atoms with E-state index in [1.165, 1.54) is 19.1 Å². The Bertz CT molecular complexity index is 450. The number of nitrogens with zero attached hydrogens (tertiary/aromatic N) is 1. The summed E-state index contributed by atoms with van der Waals surface area (Å²) in [6.07, 6.45) is 0.165. The van der Waals surface area contributed by atoms with E-state index in [1.54, 1.807) is 24.3 Å². The van der Waals surface area contributed by atoms with Gasteiger partial charge in [-0.05, 0) is 12.1 Å². The van der Waals surface area contributed by atoms with Gasteiger partial charge >= 0.3 is 5.97 Å². The van der Waals surface area contributed by atoms with Crippen molar-refractivity contribution < 1.29 is 19.1 Å². The summed E-state index contributed by atoms with van der Waals surface area (Å²) in [7, 11) is 2.82. The van der Waals surface area contributed by atoms with Crippen LogP contribution in [0.2, 0.25) is 5.02 Å². The van der Waals surface area contributed by atoms with E-state index in [-0.39, 0.29) is 25.5 Å². The van der Waals surface area contributed by atoms with Crippen LogP contribution in [0.5, 0.6) is 5.75 Å². The molecule has 0 spiro atoms. The minimum absolute atomic E-state index is 0.0680. The zero-order valence-corrected chi connectivity index (χ0v) is 11.6. The normalized spacial score (nSPS) is 9.84. The molecule has 0 fully saturated rings. The van der Waals surface area contributed by atoms with E-state index in [0.29, 0.717) is 10.8 Å². The van der Waals surface area contributed by atoms with Gasteiger partial charge in [0, 0.05) is 7.05 Å². The maximum atomic E-state index is 11.7. The third-order valence-corrected chi connectivity index (χ3v) is 2.74. The van der Waals surface area contributed by atoms with Gasteiger partial charge in [0.25, 0.3) is 0 Å². The molecule has 0 atom stereocenters. The largest absolute Gasteiger partial charge is 0.491 e. The summed E-state index contributed by atoms with van der Waals surface area (Å²) in [5.41, 5.74) is 0. The van der Waals surface area contributed by atoms with Crippen LogP contribution in [0.25, 0.3) is 0 Å². The van der Waals surface area contributed by atoms with E-state index in [1.807, 2.05) is 0 Å². The molecule has 1 rings (SSSR count). The SMILES string of the molecule is COC(=O)CN(C)C(=O)CCOc1ccccc1Cl. The van der Waals surface area contributed by atoms with Crippen molar-refractivity contribution in [2.24, 2.45) is 0 Å². The van der Waals surface area contributed by atoms with E-state index >= 15 is 0 Å². The second-order valence-corrected chi connectivity index (χ2v) is 4.26. The maximum absolute atomic E-state index is 11.7. The van der Waals surface area contributed by atoms with Crippen LogP contribution in [0.4, 0.5) is 0 Å². The molecule has 19 heavy (non-hydrogen) atoms. The van der Waals surface area contributed by atoms with Crippen molar-refractivity contribution >= 4 is 23.5 Å². The third-order valence-electron chi connectivity index (χ3n) is 2.43. The molecule has 0 aromatic heterocycles. The fourth-order valence-corrected chi connectivity index (χ4v) is 1.54. The van der Waals surface area contributed by atoms with Gasteiger partial charge in [-0.1, -0.05) is 23.7 Å². The fourth-order valence-electron chi connectivity index (χ4n) is 1.35. The van der Waals surface area contributed by atoms with Gasteiger partial charge in [-0.2, -0.15) is 0 Å². The van der Waals surface area contributed by atoms with Crippen molar-refractivity contribution in [2.75, 3.05) is 27.3 Å². The Morgan fingerprint density at radius 1 is 1.32 bits per heavy atom. The van der Waals surface area contributed by atoms with E-state index in [2.05, 4.69) is 4.74 Å². The zero-order valence-electron chi connectivity index (χ0n) is 10.9. The molecular formula is C13H16ClNO4. The molecule has 5 nitrogen and oxygen atoms in total. The van der Waals surface area contributed by atoms with Crippen molar-refractivity contribution in [2.45, 2.75) is 6.42 Å². The first-order chi connectivity index (χ1) is 9.04. The number of halogens is 1. The second-order valence-electron chi connectivity index (χ2n) is 3.85. The molecule has 0 bridgehead atoms. The molecule has 0 aliphatic carbocycles. The third kappa shape index (κ3) is 5.18. The number of methoxy groups -OCH3 is 1. The molecule has 0 heterocycles. The predicted octanol–water partition coefficient (Wildman–Crippen LogP) is 1.74. The highest BCUT2D eigenvalue weighted by molar-refractivity contribution is 6.32. The van der Waals surface area contributed by atoms with Crippen LogP contribution >= 0.6 is 11.6 Å². The van der Waals surface area contributed by atoms with Crippen molar-refractivity contribution in [3.05, 3.63) is 29.3 Å². The summed E-state index contributed by atoms with van der Waals surface area (Å²) in [4.78, 5) is 24.0. The number of ether oxygens (including phenoxy) is 2. The molecule has 0 aliphatic rings. The molecule has 104 valence electrons. The summed E-state index contributed by atoms with van der Waals surface area (Å²) >= 11 is 5.91. The lowest BCUT2D eigenvalue weighted by Gasteiger charge is -2.15. The first-order valence-corrected chi connectivity index (χ1v) is 6.10. The second kappa shape index (κ2) is 7.63. The number of hydrogen-bond donors (Lipinski definition) is 0. The number of para-hydroxylation sites is 1. The van der Waals surface area contributed by atoms with Gasteiger partial charge in [-0.25, -0.2) is 0 Å². The molecular weight excluding hydrogens is 270 g/mol.